The van der Waals surface area contributed by atoms with E-state index in [-0.39, 0.29) is 18.0 Å². The summed E-state index contributed by atoms with van der Waals surface area (Å²) in [6.07, 6.45) is 3.77. The molecular weight excluding hydrogens is 217 g/mol. The zero-order valence-corrected chi connectivity index (χ0v) is 10.2. The van der Waals surface area contributed by atoms with Gasteiger partial charge in [-0.1, -0.05) is 6.07 Å². The van der Waals surface area contributed by atoms with Crippen LogP contribution < -0.4 is 5.32 Å². The molecule has 0 spiro atoms. The molecule has 0 unspecified atom stereocenters. The van der Waals surface area contributed by atoms with Gasteiger partial charge in [0.25, 0.3) is 0 Å². The predicted octanol–water partition coefficient (Wildman–Crippen LogP) is 2.18. The molecule has 1 saturated carbocycles. The summed E-state index contributed by atoms with van der Waals surface area (Å²) in [6.45, 7) is 2.77. The van der Waals surface area contributed by atoms with Crippen LogP contribution in [0.1, 0.15) is 30.4 Å². The summed E-state index contributed by atoms with van der Waals surface area (Å²) in [5, 5.41) is 13.0. The molecule has 2 rings (SSSR count). The standard InChI is InChI=1S/C14H20FNO/c1-10-9-12(15)6-5-11(10)7-8-16-13-3-2-4-14(13)17/h5-6,9,13-14,16-17H,2-4,7-8H2,1H3/t13-,14-/m0/s1. The maximum Gasteiger partial charge on any atom is 0.123 e. The molecular formula is C14H20FNO. The summed E-state index contributed by atoms with van der Waals surface area (Å²) in [5.41, 5.74) is 2.17. The number of hydrogen-bond acceptors (Lipinski definition) is 2. The number of halogens is 1. The predicted molar refractivity (Wildman–Crippen MR) is 66.5 cm³/mol. The van der Waals surface area contributed by atoms with Crippen molar-refractivity contribution in [1.82, 2.24) is 5.32 Å². The van der Waals surface area contributed by atoms with Crippen LogP contribution in [0.2, 0.25) is 0 Å². The van der Waals surface area contributed by atoms with Gasteiger partial charge in [0.2, 0.25) is 0 Å². The van der Waals surface area contributed by atoms with Gasteiger partial charge in [-0.3, -0.25) is 0 Å². The maximum absolute atomic E-state index is 12.9. The number of aliphatic hydroxyl groups excluding tert-OH is 1. The average molecular weight is 237 g/mol. The van der Waals surface area contributed by atoms with Crippen molar-refractivity contribution < 1.29 is 9.50 Å². The van der Waals surface area contributed by atoms with Crippen molar-refractivity contribution in [3.8, 4) is 0 Å². The van der Waals surface area contributed by atoms with Crippen LogP contribution >= 0.6 is 0 Å². The first-order valence-corrected chi connectivity index (χ1v) is 6.33. The molecule has 2 atom stereocenters. The minimum Gasteiger partial charge on any atom is -0.392 e. The van der Waals surface area contributed by atoms with Crippen LogP contribution in [0.25, 0.3) is 0 Å². The molecule has 94 valence electrons. The van der Waals surface area contributed by atoms with Gasteiger partial charge in [0.15, 0.2) is 0 Å². The average Bonchev–Trinajstić information content (AvgIpc) is 2.68. The summed E-state index contributed by atoms with van der Waals surface area (Å²) in [6, 6.07) is 5.17. The molecule has 0 amide bonds. The van der Waals surface area contributed by atoms with Gasteiger partial charge >= 0.3 is 0 Å². The molecule has 0 aromatic heterocycles. The molecule has 1 aromatic rings. The van der Waals surface area contributed by atoms with Crippen LogP contribution in [0.4, 0.5) is 4.39 Å². The number of aryl methyl sites for hydroxylation is 1. The lowest BCUT2D eigenvalue weighted by Crippen LogP contribution is -2.36. The highest BCUT2D eigenvalue weighted by atomic mass is 19.1. The maximum atomic E-state index is 12.9. The van der Waals surface area contributed by atoms with Crippen LogP contribution in [-0.2, 0) is 6.42 Å². The van der Waals surface area contributed by atoms with E-state index in [0.29, 0.717) is 0 Å². The van der Waals surface area contributed by atoms with Gasteiger partial charge in [-0.05, 0) is 62.4 Å². The monoisotopic (exact) mass is 237 g/mol. The number of hydrogen-bond donors (Lipinski definition) is 2. The van der Waals surface area contributed by atoms with Gasteiger partial charge in [0.1, 0.15) is 5.82 Å². The molecule has 17 heavy (non-hydrogen) atoms. The summed E-state index contributed by atoms with van der Waals surface area (Å²) in [7, 11) is 0. The second-order valence-electron chi connectivity index (χ2n) is 4.88. The summed E-state index contributed by atoms with van der Waals surface area (Å²) in [4.78, 5) is 0. The Hall–Kier alpha value is -0.930. The SMILES string of the molecule is Cc1cc(F)ccc1CCN[C@H]1CCC[C@@H]1O. The molecule has 0 saturated heterocycles. The smallest absolute Gasteiger partial charge is 0.123 e. The van der Waals surface area contributed by atoms with E-state index in [2.05, 4.69) is 5.32 Å². The summed E-state index contributed by atoms with van der Waals surface area (Å²) >= 11 is 0. The number of nitrogens with one attached hydrogen (secondary N) is 1. The number of aliphatic hydroxyl groups is 1. The zero-order chi connectivity index (χ0) is 12.3. The van der Waals surface area contributed by atoms with Gasteiger partial charge in [0, 0.05) is 6.04 Å². The lowest BCUT2D eigenvalue weighted by Gasteiger charge is -2.16. The lowest BCUT2D eigenvalue weighted by molar-refractivity contribution is 0.149. The molecule has 3 heteroatoms. The van der Waals surface area contributed by atoms with E-state index in [1.54, 1.807) is 6.07 Å². The van der Waals surface area contributed by atoms with Crippen molar-refractivity contribution in [2.24, 2.45) is 0 Å². The minimum absolute atomic E-state index is 0.176. The third kappa shape index (κ3) is 3.27. The molecule has 0 bridgehead atoms. The second kappa shape index (κ2) is 5.61. The van der Waals surface area contributed by atoms with E-state index in [4.69, 9.17) is 0 Å². The highest BCUT2D eigenvalue weighted by Crippen LogP contribution is 2.18. The zero-order valence-electron chi connectivity index (χ0n) is 10.2. The van der Waals surface area contributed by atoms with Crippen molar-refractivity contribution in [2.45, 2.75) is 44.8 Å². The molecule has 0 heterocycles. The number of benzene rings is 1. The largest absolute Gasteiger partial charge is 0.392 e. The third-order valence-electron chi connectivity index (χ3n) is 3.58. The van der Waals surface area contributed by atoms with Crippen molar-refractivity contribution >= 4 is 0 Å². The fourth-order valence-corrected chi connectivity index (χ4v) is 2.51. The van der Waals surface area contributed by atoms with E-state index in [9.17, 15) is 9.50 Å². The fourth-order valence-electron chi connectivity index (χ4n) is 2.51. The van der Waals surface area contributed by atoms with Crippen LogP contribution in [0.3, 0.4) is 0 Å². The molecule has 0 radical (unpaired) electrons. The van der Waals surface area contributed by atoms with Crippen LogP contribution in [-0.4, -0.2) is 23.8 Å². The van der Waals surface area contributed by atoms with Gasteiger partial charge in [-0.25, -0.2) is 4.39 Å². The Morgan fingerprint density at radius 2 is 2.24 bits per heavy atom. The Bertz CT molecular complexity index is 380. The molecule has 1 aliphatic rings. The number of rotatable bonds is 4. The Morgan fingerprint density at radius 1 is 1.41 bits per heavy atom. The quantitative estimate of drug-likeness (QED) is 0.841. The minimum atomic E-state index is -0.190. The van der Waals surface area contributed by atoms with Gasteiger partial charge in [-0.2, -0.15) is 0 Å². The first-order chi connectivity index (χ1) is 8.16. The Labute approximate surface area is 102 Å². The molecule has 2 N–H and O–H groups in total. The fraction of sp³-hybridized carbons (Fsp3) is 0.571. The first-order valence-electron chi connectivity index (χ1n) is 6.33. The van der Waals surface area contributed by atoms with E-state index in [0.717, 1.165) is 37.8 Å². The van der Waals surface area contributed by atoms with E-state index in [1.165, 1.54) is 11.6 Å². The Kier molecular flexibility index (Phi) is 4.13. The molecule has 1 aromatic carbocycles. The topological polar surface area (TPSA) is 32.3 Å². The molecule has 0 aliphatic heterocycles. The molecule has 1 aliphatic carbocycles. The van der Waals surface area contributed by atoms with E-state index < -0.39 is 0 Å². The molecule has 1 fully saturated rings. The lowest BCUT2D eigenvalue weighted by atomic mass is 10.1. The van der Waals surface area contributed by atoms with Crippen molar-refractivity contribution in [1.29, 1.82) is 0 Å². The molecule has 2 nitrogen and oxygen atoms in total. The Morgan fingerprint density at radius 3 is 2.88 bits per heavy atom. The second-order valence-corrected chi connectivity index (χ2v) is 4.88. The van der Waals surface area contributed by atoms with E-state index in [1.807, 2.05) is 13.0 Å². The Balaban J connectivity index is 1.81. The van der Waals surface area contributed by atoms with Crippen LogP contribution in [0.5, 0.6) is 0 Å². The highest BCUT2D eigenvalue weighted by Gasteiger charge is 2.23. The summed E-state index contributed by atoms with van der Waals surface area (Å²) < 4.78 is 12.9. The van der Waals surface area contributed by atoms with E-state index >= 15 is 0 Å². The van der Waals surface area contributed by atoms with Gasteiger partial charge in [-0.15, -0.1) is 0 Å². The van der Waals surface area contributed by atoms with Gasteiger partial charge in [0.05, 0.1) is 6.10 Å². The normalized spacial score (nSPS) is 24.2. The summed E-state index contributed by atoms with van der Waals surface area (Å²) in [5.74, 6) is -0.176. The van der Waals surface area contributed by atoms with Crippen molar-refractivity contribution in [2.75, 3.05) is 6.54 Å². The van der Waals surface area contributed by atoms with Crippen LogP contribution in [0, 0.1) is 12.7 Å². The third-order valence-corrected chi connectivity index (χ3v) is 3.58. The van der Waals surface area contributed by atoms with Crippen LogP contribution in [0.15, 0.2) is 18.2 Å². The highest BCUT2D eigenvalue weighted by molar-refractivity contribution is 5.26. The van der Waals surface area contributed by atoms with Gasteiger partial charge < -0.3 is 10.4 Å². The van der Waals surface area contributed by atoms with Crippen molar-refractivity contribution in [3.63, 3.8) is 0 Å². The van der Waals surface area contributed by atoms with Crippen molar-refractivity contribution in [3.05, 3.63) is 35.1 Å². The first kappa shape index (κ1) is 12.5.